The molecule has 0 aliphatic carbocycles. The third-order valence-electron chi connectivity index (χ3n) is 4.10. The molecule has 1 aromatic rings. The number of benzene rings is 1. The topological polar surface area (TPSA) is 36.0 Å². The molecule has 0 saturated carbocycles. The predicted molar refractivity (Wildman–Crippen MR) is 88.3 cm³/mol. The minimum atomic E-state index is 0.220. The zero-order chi connectivity index (χ0) is 15.9. The van der Waals surface area contributed by atoms with Crippen LogP contribution in [0.25, 0.3) is 0 Å². The molecule has 0 atom stereocenters. The van der Waals surface area contributed by atoms with Crippen molar-refractivity contribution in [1.29, 1.82) is 0 Å². The van der Waals surface area contributed by atoms with Crippen molar-refractivity contribution in [3.8, 4) is 5.75 Å². The molecule has 5 heteroatoms. The van der Waals surface area contributed by atoms with Crippen LogP contribution in [0.3, 0.4) is 0 Å². The molecule has 0 aromatic heterocycles. The number of methoxy groups -OCH3 is 1. The molecule has 0 radical (unpaired) electrons. The van der Waals surface area contributed by atoms with Crippen LogP contribution in [0.1, 0.15) is 5.56 Å². The molecule has 122 valence electrons. The highest BCUT2D eigenvalue weighted by Crippen LogP contribution is 2.13. The van der Waals surface area contributed by atoms with Crippen molar-refractivity contribution >= 4 is 5.91 Å². The molecular weight excluding hydrogens is 278 g/mol. The van der Waals surface area contributed by atoms with E-state index in [9.17, 15) is 4.79 Å². The monoisotopic (exact) mass is 305 g/mol. The molecular formula is C17H27N3O2. The Morgan fingerprint density at radius 1 is 1.14 bits per heavy atom. The number of hydrogen-bond donors (Lipinski definition) is 0. The van der Waals surface area contributed by atoms with Gasteiger partial charge in [0, 0.05) is 39.3 Å². The minimum Gasteiger partial charge on any atom is -0.497 e. The lowest BCUT2D eigenvalue weighted by molar-refractivity contribution is -0.132. The van der Waals surface area contributed by atoms with Crippen LogP contribution < -0.4 is 4.74 Å². The van der Waals surface area contributed by atoms with E-state index in [1.807, 2.05) is 29.2 Å². The smallest absolute Gasteiger partial charge is 0.227 e. The van der Waals surface area contributed by atoms with Gasteiger partial charge in [-0.1, -0.05) is 12.1 Å². The van der Waals surface area contributed by atoms with E-state index in [0.29, 0.717) is 6.42 Å². The van der Waals surface area contributed by atoms with Gasteiger partial charge in [0.25, 0.3) is 0 Å². The maximum Gasteiger partial charge on any atom is 0.227 e. The van der Waals surface area contributed by atoms with Gasteiger partial charge in [0.1, 0.15) is 5.75 Å². The van der Waals surface area contributed by atoms with E-state index in [2.05, 4.69) is 23.9 Å². The fourth-order valence-corrected chi connectivity index (χ4v) is 2.59. The summed E-state index contributed by atoms with van der Waals surface area (Å²) in [6.07, 6.45) is 0.474. The average molecular weight is 305 g/mol. The van der Waals surface area contributed by atoms with Crippen LogP contribution in [0.4, 0.5) is 0 Å². The summed E-state index contributed by atoms with van der Waals surface area (Å²) in [6, 6.07) is 7.73. The molecule has 0 spiro atoms. The maximum atomic E-state index is 12.4. The average Bonchev–Trinajstić information content (AvgIpc) is 2.54. The predicted octanol–water partition coefficient (Wildman–Crippen LogP) is 0.944. The standard InChI is InChI=1S/C17H27N3O2/c1-18(2)8-9-19-10-12-20(13-11-19)17(21)14-15-4-6-16(22-3)7-5-15/h4-7H,8-14H2,1-3H3. The zero-order valence-electron chi connectivity index (χ0n) is 13.9. The summed E-state index contributed by atoms with van der Waals surface area (Å²) in [7, 11) is 5.83. The van der Waals surface area contributed by atoms with Gasteiger partial charge in [-0.25, -0.2) is 0 Å². The summed E-state index contributed by atoms with van der Waals surface area (Å²) in [4.78, 5) is 19.0. The van der Waals surface area contributed by atoms with Crippen molar-refractivity contribution in [1.82, 2.24) is 14.7 Å². The number of piperazine rings is 1. The Kier molecular flexibility index (Phi) is 6.21. The number of hydrogen-bond acceptors (Lipinski definition) is 4. The second-order valence-corrected chi connectivity index (χ2v) is 6.05. The summed E-state index contributed by atoms with van der Waals surface area (Å²) in [5, 5.41) is 0. The molecule has 1 aliphatic heterocycles. The molecule has 5 nitrogen and oxygen atoms in total. The van der Waals surface area contributed by atoms with E-state index < -0.39 is 0 Å². The third-order valence-corrected chi connectivity index (χ3v) is 4.10. The summed E-state index contributed by atoms with van der Waals surface area (Å²) >= 11 is 0. The van der Waals surface area contributed by atoms with Gasteiger partial charge in [0.2, 0.25) is 5.91 Å². The first kappa shape index (κ1) is 16.8. The van der Waals surface area contributed by atoms with Gasteiger partial charge in [-0.15, -0.1) is 0 Å². The molecule has 0 unspecified atom stereocenters. The van der Waals surface area contributed by atoms with Crippen LogP contribution in [0.2, 0.25) is 0 Å². The van der Waals surface area contributed by atoms with Crippen LogP contribution >= 0.6 is 0 Å². The first-order valence-electron chi connectivity index (χ1n) is 7.86. The first-order valence-corrected chi connectivity index (χ1v) is 7.86. The quantitative estimate of drug-likeness (QED) is 0.784. The van der Waals surface area contributed by atoms with Crippen LogP contribution in [-0.4, -0.2) is 81.1 Å². The van der Waals surface area contributed by atoms with Crippen LogP contribution in [0, 0.1) is 0 Å². The van der Waals surface area contributed by atoms with E-state index in [-0.39, 0.29) is 5.91 Å². The Morgan fingerprint density at radius 2 is 1.77 bits per heavy atom. The Bertz CT molecular complexity index is 465. The normalized spacial score (nSPS) is 16.1. The largest absolute Gasteiger partial charge is 0.497 e. The Hall–Kier alpha value is -1.59. The summed E-state index contributed by atoms with van der Waals surface area (Å²) in [5.41, 5.74) is 1.04. The molecule has 22 heavy (non-hydrogen) atoms. The molecule has 1 amide bonds. The minimum absolute atomic E-state index is 0.220. The van der Waals surface area contributed by atoms with Gasteiger partial charge >= 0.3 is 0 Å². The van der Waals surface area contributed by atoms with E-state index in [0.717, 1.165) is 50.6 Å². The fourth-order valence-electron chi connectivity index (χ4n) is 2.59. The number of ether oxygens (including phenoxy) is 1. The lowest BCUT2D eigenvalue weighted by atomic mass is 10.1. The number of nitrogens with zero attached hydrogens (tertiary/aromatic N) is 3. The number of rotatable bonds is 6. The van der Waals surface area contributed by atoms with Gasteiger partial charge < -0.3 is 14.5 Å². The molecule has 1 fully saturated rings. The van der Waals surface area contributed by atoms with Gasteiger partial charge in [0.15, 0.2) is 0 Å². The molecule has 1 aromatic carbocycles. The number of carbonyl (C=O) groups excluding carboxylic acids is 1. The second kappa shape index (κ2) is 8.15. The van der Waals surface area contributed by atoms with E-state index >= 15 is 0 Å². The molecule has 1 heterocycles. The number of likely N-dealkylation sites (N-methyl/N-ethyl adjacent to an activating group) is 1. The number of amides is 1. The Balaban J connectivity index is 1.77. The van der Waals surface area contributed by atoms with Crippen molar-refractivity contribution in [3.05, 3.63) is 29.8 Å². The summed E-state index contributed by atoms with van der Waals surface area (Å²) in [5.74, 6) is 1.04. The molecule has 2 rings (SSSR count). The van der Waals surface area contributed by atoms with Crippen LogP contribution in [0.5, 0.6) is 5.75 Å². The first-order chi connectivity index (χ1) is 10.6. The SMILES string of the molecule is COc1ccc(CC(=O)N2CCN(CCN(C)C)CC2)cc1. The van der Waals surface area contributed by atoms with Crippen LogP contribution in [0.15, 0.2) is 24.3 Å². The van der Waals surface area contributed by atoms with E-state index in [1.165, 1.54) is 0 Å². The van der Waals surface area contributed by atoms with E-state index in [4.69, 9.17) is 4.74 Å². The highest BCUT2D eigenvalue weighted by atomic mass is 16.5. The highest BCUT2D eigenvalue weighted by molar-refractivity contribution is 5.78. The van der Waals surface area contributed by atoms with Crippen molar-refractivity contribution in [2.24, 2.45) is 0 Å². The molecule has 0 N–H and O–H groups in total. The van der Waals surface area contributed by atoms with Crippen LogP contribution in [-0.2, 0) is 11.2 Å². The van der Waals surface area contributed by atoms with Gasteiger partial charge in [-0.2, -0.15) is 0 Å². The fraction of sp³-hybridized carbons (Fsp3) is 0.588. The zero-order valence-corrected chi connectivity index (χ0v) is 13.9. The Morgan fingerprint density at radius 3 is 2.32 bits per heavy atom. The third kappa shape index (κ3) is 5.00. The highest BCUT2D eigenvalue weighted by Gasteiger charge is 2.20. The summed E-state index contributed by atoms with van der Waals surface area (Å²) < 4.78 is 5.14. The van der Waals surface area contributed by atoms with Gasteiger partial charge in [-0.05, 0) is 31.8 Å². The van der Waals surface area contributed by atoms with Crippen molar-refractivity contribution in [2.75, 3.05) is 60.5 Å². The van der Waals surface area contributed by atoms with E-state index in [1.54, 1.807) is 7.11 Å². The van der Waals surface area contributed by atoms with Crippen molar-refractivity contribution in [2.45, 2.75) is 6.42 Å². The number of carbonyl (C=O) groups is 1. The summed E-state index contributed by atoms with van der Waals surface area (Å²) in [6.45, 7) is 5.77. The molecule has 1 saturated heterocycles. The van der Waals surface area contributed by atoms with Crippen molar-refractivity contribution in [3.63, 3.8) is 0 Å². The Labute approximate surface area is 133 Å². The van der Waals surface area contributed by atoms with Gasteiger partial charge in [0.05, 0.1) is 13.5 Å². The van der Waals surface area contributed by atoms with Gasteiger partial charge in [-0.3, -0.25) is 9.69 Å². The second-order valence-electron chi connectivity index (χ2n) is 6.05. The van der Waals surface area contributed by atoms with Crippen molar-refractivity contribution < 1.29 is 9.53 Å². The molecule has 1 aliphatic rings. The lowest BCUT2D eigenvalue weighted by Crippen LogP contribution is -2.50. The lowest BCUT2D eigenvalue weighted by Gasteiger charge is -2.35. The molecule has 0 bridgehead atoms. The maximum absolute atomic E-state index is 12.4.